The van der Waals surface area contributed by atoms with E-state index in [1.165, 1.54) is 11.0 Å². The molecule has 0 saturated heterocycles. The van der Waals surface area contributed by atoms with Crippen LogP contribution in [0.4, 0.5) is 0 Å². The quantitative estimate of drug-likeness (QED) is 0.600. The van der Waals surface area contributed by atoms with E-state index in [1.807, 2.05) is 0 Å². The van der Waals surface area contributed by atoms with Crippen LogP contribution in [0.3, 0.4) is 0 Å². The molecule has 2 heterocycles. The SMILES string of the molecule is [B]c1cnc(-n2nccn2)c(Cl)c1. The average molecular weight is 190 g/mol. The first-order chi connectivity index (χ1) is 6.27. The molecule has 0 N–H and O–H groups in total. The summed E-state index contributed by atoms with van der Waals surface area (Å²) in [5.74, 6) is 0.473. The minimum Gasteiger partial charge on any atom is -0.235 e. The Morgan fingerprint density at radius 2 is 2.00 bits per heavy atom. The third kappa shape index (κ3) is 1.55. The Bertz CT molecular complexity index is 414. The van der Waals surface area contributed by atoms with E-state index < -0.39 is 0 Å². The molecule has 0 aromatic carbocycles. The normalized spacial score (nSPS) is 10.2. The van der Waals surface area contributed by atoms with Crippen LogP contribution in [0.2, 0.25) is 5.02 Å². The molecule has 0 aliphatic rings. The second-order valence-electron chi connectivity index (χ2n) is 2.39. The lowest BCUT2D eigenvalue weighted by atomic mass is 9.99. The van der Waals surface area contributed by atoms with Gasteiger partial charge in [0.25, 0.3) is 0 Å². The molecule has 4 nitrogen and oxygen atoms in total. The Kier molecular flexibility index (Phi) is 2.02. The Balaban J connectivity index is 2.53. The van der Waals surface area contributed by atoms with E-state index in [-0.39, 0.29) is 0 Å². The number of halogens is 1. The topological polar surface area (TPSA) is 43.6 Å². The van der Waals surface area contributed by atoms with E-state index in [1.54, 1.807) is 18.5 Å². The maximum absolute atomic E-state index is 5.88. The van der Waals surface area contributed by atoms with Crippen molar-refractivity contribution in [2.24, 2.45) is 0 Å². The zero-order chi connectivity index (χ0) is 9.26. The summed E-state index contributed by atoms with van der Waals surface area (Å²) in [6.45, 7) is 0. The number of aromatic nitrogens is 4. The number of hydrogen-bond donors (Lipinski definition) is 0. The molecule has 0 aliphatic carbocycles. The van der Waals surface area contributed by atoms with Crippen molar-refractivity contribution in [2.45, 2.75) is 0 Å². The van der Waals surface area contributed by atoms with Crippen LogP contribution in [0.1, 0.15) is 0 Å². The fraction of sp³-hybridized carbons (Fsp3) is 0. The molecule has 0 atom stereocenters. The number of nitrogens with zero attached hydrogens (tertiary/aromatic N) is 4. The van der Waals surface area contributed by atoms with Crippen LogP contribution in [-0.4, -0.2) is 27.8 Å². The highest BCUT2D eigenvalue weighted by molar-refractivity contribution is 6.36. The molecule has 0 fully saturated rings. The van der Waals surface area contributed by atoms with Gasteiger partial charge in [0.15, 0.2) is 5.82 Å². The van der Waals surface area contributed by atoms with Crippen LogP contribution in [-0.2, 0) is 0 Å². The molecule has 2 aromatic heterocycles. The van der Waals surface area contributed by atoms with Gasteiger partial charge >= 0.3 is 0 Å². The van der Waals surface area contributed by atoms with E-state index >= 15 is 0 Å². The van der Waals surface area contributed by atoms with E-state index in [0.29, 0.717) is 16.3 Å². The molecule has 0 unspecified atom stereocenters. The molecule has 0 bridgehead atoms. The molecule has 62 valence electrons. The second kappa shape index (κ2) is 3.18. The third-order valence-electron chi connectivity index (χ3n) is 1.45. The molecule has 2 rings (SSSR count). The minimum atomic E-state index is 0.427. The van der Waals surface area contributed by atoms with Crippen molar-refractivity contribution < 1.29 is 0 Å². The first-order valence-electron chi connectivity index (χ1n) is 3.55. The molecule has 2 radical (unpaired) electrons. The molecule has 13 heavy (non-hydrogen) atoms. The zero-order valence-electron chi connectivity index (χ0n) is 6.55. The molecular weight excluding hydrogens is 186 g/mol. The maximum atomic E-state index is 5.88. The van der Waals surface area contributed by atoms with Gasteiger partial charge in [0.1, 0.15) is 7.85 Å². The van der Waals surface area contributed by atoms with Crippen LogP contribution in [0.5, 0.6) is 0 Å². The van der Waals surface area contributed by atoms with Crippen molar-refractivity contribution in [3.63, 3.8) is 0 Å². The standard InChI is InChI=1S/C7H4BClN4/c8-5-3-6(9)7(10-4-5)13-11-1-2-12-13/h1-4H. The molecule has 0 saturated carbocycles. The van der Waals surface area contributed by atoms with Crippen molar-refractivity contribution >= 4 is 24.9 Å². The van der Waals surface area contributed by atoms with Crippen LogP contribution < -0.4 is 5.46 Å². The highest BCUT2D eigenvalue weighted by Crippen LogP contribution is 2.13. The molecule has 0 amide bonds. The third-order valence-corrected chi connectivity index (χ3v) is 1.73. The summed E-state index contributed by atoms with van der Waals surface area (Å²) < 4.78 is 0. The highest BCUT2D eigenvalue weighted by Gasteiger charge is 2.04. The van der Waals surface area contributed by atoms with Crippen LogP contribution >= 0.6 is 11.6 Å². The molecule has 6 heteroatoms. The predicted octanol–water partition coefficient (Wildman–Crippen LogP) is 0.109. The molecule has 0 aliphatic heterocycles. The fourth-order valence-corrected chi connectivity index (χ4v) is 1.17. The number of hydrogen-bond acceptors (Lipinski definition) is 3. The van der Waals surface area contributed by atoms with E-state index in [0.717, 1.165) is 0 Å². The van der Waals surface area contributed by atoms with Crippen molar-refractivity contribution in [3.8, 4) is 5.82 Å². The van der Waals surface area contributed by atoms with Gasteiger partial charge in [-0.05, 0) is 6.07 Å². The summed E-state index contributed by atoms with van der Waals surface area (Å²) >= 11 is 5.88. The van der Waals surface area contributed by atoms with Crippen LogP contribution in [0.15, 0.2) is 24.7 Å². The van der Waals surface area contributed by atoms with E-state index in [2.05, 4.69) is 15.2 Å². The first-order valence-corrected chi connectivity index (χ1v) is 3.93. The average Bonchev–Trinajstić information content (AvgIpc) is 2.56. The van der Waals surface area contributed by atoms with Crippen molar-refractivity contribution in [1.29, 1.82) is 0 Å². The van der Waals surface area contributed by atoms with Crippen LogP contribution in [0, 0.1) is 0 Å². The van der Waals surface area contributed by atoms with Gasteiger partial charge in [0.2, 0.25) is 0 Å². The molecular formula is C7H4BClN4. The van der Waals surface area contributed by atoms with Gasteiger partial charge in [-0.3, -0.25) is 0 Å². The molecule has 0 spiro atoms. The van der Waals surface area contributed by atoms with E-state index in [4.69, 9.17) is 19.4 Å². The summed E-state index contributed by atoms with van der Waals surface area (Å²) in [5, 5.41) is 8.22. The smallest absolute Gasteiger partial charge is 0.193 e. The van der Waals surface area contributed by atoms with Gasteiger partial charge in [-0.15, -0.1) is 4.80 Å². The largest absolute Gasteiger partial charge is 0.235 e. The molecule has 2 aromatic rings. The van der Waals surface area contributed by atoms with Crippen LogP contribution in [0.25, 0.3) is 5.82 Å². The second-order valence-corrected chi connectivity index (χ2v) is 2.80. The summed E-state index contributed by atoms with van der Waals surface area (Å²) in [7, 11) is 5.48. The lowest BCUT2D eigenvalue weighted by Gasteiger charge is -2.01. The summed E-state index contributed by atoms with van der Waals surface area (Å²) in [6, 6.07) is 1.60. The Hall–Kier alpha value is -1.36. The highest BCUT2D eigenvalue weighted by atomic mass is 35.5. The van der Waals surface area contributed by atoms with Crippen molar-refractivity contribution in [2.75, 3.05) is 0 Å². The lowest BCUT2D eigenvalue weighted by Crippen LogP contribution is -2.08. The lowest BCUT2D eigenvalue weighted by molar-refractivity contribution is 0.730. The monoisotopic (exact) mass is 190 g/mol. The zero-order valence-corrected chi connectivity index (χ0v) is 7.31. The minimum absolute atomic E-state index is 0.427. The Morgan fingerprint density at radius 3 is 2.62 bits per heavy atom. The number of pyridine rings is 1. The van der Waals surface area contributed by atoms with Gasteiger partial charge < -0.3 is 0 Å². The van der Waals surface area contributed by atoms with Crippen molar-refractivity contribution in [1.82, 2.24) is 20.0 Å². The predicted molar refractivity (Wildman–Crippen MR) is 49.6 cm³/mol. The number of rotatable bonds is 1. The maximum Gasteiger partial charge on any atom is 0.193 e. The Labute approximate surface area is 81.0 Å². The van der Waals surface area contributed by atoms with Gasteiger partial charge in [-0.25, -0.2) is 4.98 Å². The van der Waals surface area contributed by atoms with Crippen molar-refractivity contribution in [3.05, 3.63) is 29.7 Å². The van der Waals surface area contributed by atoms with Gasteiger partial charge in [0.05, 0.1) is 17.4 Å². The first kappa shape index (κ1) is 8.25. The summed E-state index contributed by atoms with van der Waals surface area (Å²) in [4.78, 5) is 5.34. The van der Waals surface area contributed by atoms with Gasteiger partial charge in [-0.2, -0.15) is 10.2 Å². The summed E-state index contributed by atoms with van der Waals surface area (Å²) in [5.41, 5.74) is 0.515. The Morgan fingerprint density at radius 1 is 1.31 bits per heavy atom. The van der Waals surface area contributed by atoms with Gasteiger partial charge in [0, 0.05) is 6.20 Å². The van der Waals surface area contributed by atoms with Gasteiger partial charge in [-0.1, -0.05) is 17.1 Å². The van der Waals surface area contributed by atoms with E-state index in [9.17, 15) is 0 Å². The fourth-order valence-electron chi connectivity index (χ4n) is 0.918. The summed E-state index contributed by atoms with van der Waals surface area (Å²) in [6.07, 6.45) is 4.60.